The molecule has 4 heteroatoms. The van der Waals surface area contributed by atoms with Gasteiger partial charge in [0, 0.05) is 12.0 Å². The number of fused-ring (bicyclic) bond motifs is 2. The van der Waals surface area contributed by atoms with Gasteiger partial charge in [0.05, 0.1) is 5.92 Å². The number of hydrogen-bond acceptors (Lipinski definition) is 4. The highest BCUT2D eigenvalue weighted by Crippen LogP contribution is 2.52. The zero-order valence-electron chi connectivity index (χ0n) is 11.3. The van der Waals surface area contributed by atoms with Crippen molar-refractivity contribution in [3.05, 3.63) is 11.7 Å². The molecule has 1 aromatic heterocycles. The van der Waals surface area contributed by atoms with E-state index in [-0.39, 0.29) is 12.0 Å². The lowest BCUT2D eigenvalue weighted by molar-refractivity contribution is 0.323. The van der Waals surface area contributed by atoms with Gasteiger partial charge in [-0.3, -0.25) is 0 Å². The molecule has 2 aliphatic rings. The van der Waals surface area contributed by atoms with Gasteiger partial charge in [0.25, 0.3) is 0 Å². The predicted octanol–water partition coefficient (Wildman–Crippen LogP) is 2.81. The van der Waals surface area contributed by atoms with Gasteiger partial charge in [0.1, 0.15) is 0 Å². The van der Waals surface area contributed by atoms with E-state index in [1.54, 1.807) is 0 Å². The summed E-state index contributed by atoms with van der Waals surface area (Å²) < 4.78 is 5.46. The Morgan fingerprint density at radius 1 is 1.39 bits per heavy atom. The summed E-state index contributed by atoms with van der Waals surface area (Å²) in [5.41, 5.74) is 5.97. The summed E-state index contributed by atoms with van der Waals surface area (Å²) in [5.74, 6) is 4.14. The number of rotatable bonds is 4. The first-order valence-electron chi connectivity index (χ1n) is 7.28. The quantitative estimate of drug-likeness (QED) is 0.891. The van der Waals surface area contributed by atoms with Crippen LogP contribution in [0.5, 0.6) is 0 Å². The van der Waals surface area contributed by atoms with Crippen molar-refractivity contribution in [2.75, 3.05) is 0 Å². The van der Waals surface area contributed by atoms with Gasteiger partial charge >= 0.3 is 0 Å². The van der Waals surface area contributed by atoms with Crippen LogP contribution in [-0.4, -0.2) is 16.2 Å². The zero-order chi connectivity index (χ0) is 12.7. The van der Waals surface area contributed by atoms with Crippen LogP contribution in [0.3, 0.4) is 0 Å². The maximum atomic E-state index is 5.97. The van der Waals surface area contributed by atoms with Gasteiger partial charge in [-0.05, 0) is 44.4 Å². The van der Waals surface area contributed by atoms with Gasteiger partial charge in [-0.2, -0.15) is 4.98 Å². The molecule has 18 heavy (non-hydrogen) atoms. The van der Waals surface area contributed by atoms with Gasteiger partial charge in [0.2, 0.25) is 5.89 Å². The summed E-state index contributed by atoms with van der Waals surface area (Å²) in [6.45, 7) is 4.13. The molecule has 2 aliphatic carbocycles. The minimum atomic E-state index is 0.0725. The summed E-state index contributed by atoms with van der Waals surface area (Å²) in [7, 11) is 0. The lowest BCUT2D eigenvalue weighted by Gasteiger charge is -2.17. The first-order chi connectivity index (χ1) is 8.69. The van der Waals surface area contributed by atoms with Crippen LogP contribution in [0.4, 0.5) is 0 Å². The van der Waals surface area contributed by atoms with Crippen LogP contribution in [0.15, 0.2) is 4.52 Å². The summed E-state index contributed by atoms with van der Waals surface area (Å²) >= 11 is 0. The van der Waals surface area contributed by atoms with Crippen LogP contribution in [0, 0.1) is 11.8 Å². The number of aromatic nitrogens is 2. The van der Waals surface area contributed by atoms with Crippen LogP contribution in [0.25, 0.3) is 0 Å². The molecule has 0 aromatic carbocycles. The van der Waals surface area contributed by atoms with E-state index >= 15 is 0 Å². The first kappa shape index (κ1) is 12.2. The highest BCUT2D eigenvalue weighted by atomic mass is 16.5. The summed E-state index contributed by atoms with van der Waals surface area (Å²) in [6, 6.07) is 0.0725. The van der Waals surface area contributed by atoms with Crippen LogP contribution in [0.1, 0.15) is 69.5 Å². The normalized spacial score (nSPS) is 33.8. The highest BCUT2D eigenvalue weighted by molar-refractivity contribution is 5.08. The Morgan fingerprint density at radius 2 is 2.22 bits per heavy atom. The van der Waals surface area contributed by atoms with E-state index in [1.165, 1.54) is 25.7 Å². The molecule has 4 nitrogen and oxygen atoms in total. The third kappa shape index (κ3) is 1.96. The lowest BCUT2D eigenvalue weighted by atomic mass is 9.88. The molecule has 0 radical (unpaired) electrons. The Morgan fingerprint density at radius 3 is 2.78 bits per heavy atom. The molecule has 0 amide bonds. The van der Waals surface area contributed by atoms with Crippen molar-refractivity contribution in [3.63, 3.8) is 0 Å². The van der Waals surface area contributed by atoms with E-state index in [0.717, 1.165) is 30.0 Å². The molecule has 0 saturated heterocycles. The molecule has 0 spiro atoms. The fraction of sp³-hybridized carbons (Fsp3) is 0.857. The van der Waals surface area contributed by atoms with E-state index in [4.69, 9.17) is 10.3 Å². The summed E-state index contributed by atoms with van der Waals surface area (Å²) in [6.07, 6.45) is 6.35. The number of nitrogens with two attached hydrogens (primary N) is 1. The summed E-state index contributed by atoms with van der Waals surface area (Å²) in [5, 5.41) is 4.23. The Bertz CT molecular complexity index is 415. The van der Waals surface area contributed by atoms with Crippen LogP contribution in [-0.2, 0) is 0 Å². The van der Waals surface area contributed by atoms with Crippen LogP contribution in [0.2, 0.25) is 0 Å². The van der Waals surface area contributed by atoms with Crippen LogP contribution >= 0.6 is 0 Å². The van der Waals surface area contributed by atoms with Crippen molar-refractivity contribution < 1.29 is 4.52 Å². The second-order valence-electron chi connectivity index (χ2n) is 6.15. The van der Waals surface area contributed by atoms with Crippen molar-refractivity contribution in [1.29, 1.82) is 0 Å². The Hall–Kier alpha value is -0.900. The van der Waals surface area contributed by atoms with Crippen molar-refractivity contribution in [2.24, 2.45) is 17.6 Å². The van der Waals surface area contributed by atoms with E-state index in [0.29, 0.717) is 5.92 Å². The number of hydrogen-bond donors (Lipinski definition) is 1. The third-order valence-electron chi connectivity index (χ3n) is 4.92. The molecule has 3 rings (SSSR count). The van der Waals surface area contributed by atoms with Gasteiger partial charge in [0.15, 0.2) is 5.82 Å². The molecule has 2 fully saturated rings. The van der Waals surface area contributed by atoms with E-state index in [9.17, 15) is 0 Å². The fourth-order valence-corrected chi connectivity index (χ4v) is 3.88. The maximum Gasteiger partial charge on any atom is 0.231 e. The minimum Gasteiger partial charge on any atom is -0.339 e. The number of nitrogens with zero attached hydrogens (tertiary/aromatic N) is 2. The molecule has 5 atom stereocenters. The molecule has 1 aromatic rings. The molecule has 2 bridgehead atoms. The standard InChI is InChI=1S/C14H23N3O/c1-3-11(8(2)15)14-16-13(17-18-14)12-7-9-4-5-10(12)6-9/h8-12H,3-7,15H2,1-2H3. The van der Waals surface area contributed by atoms with Crippen molar-refractivity contribution >= 4 is 0 Å². The first-order valence-corrected chi connectivity index (χ1v) is 7.28. The zero-order valence-corrected chi connectivity index (χ0v) is 11.3. The van der Waals surface area contributed by atoms with E-state index < -0.39 is 0 Å². The molecule has 1 heterocycles. The van der Waals surface area contributed by atoms with Crippen molar-refractivity contribution in [3.8, 4) is 0 Å². The molecule has 100 valence electrons. The summed E-state index contributed by atoms with van der Waals surface area (Å²) in [4.78, 5) is 4.65. The lowest BCUT2D eigenvalue weighted by Crippen LogP contribution is -2.24. The second-order valence-corrected chi connectivity index (χ2v) is 6.15. The molecule has 2 N–H and O–H groups in total. The average molecular weight is 249 g/mol. The molecule has 0 aliphatic heterocycles. The van der Waals surface area contributed by atoms with Gasteiger partial charge in [-0.25, -0.2) is 0 Å². The van der Waals surface area contributed by atoms with Gasteiger partial charge < -0.3 is 10.3 Å². The fourth-order valence-electron chi connectivity index (χ4n) is 3.88. The third-order valence-corrected chi connectivity index (χ3v) is 4.92. The molecular formula is C14H23N3O. The Balaban J connectivity index is 1.77. The monoisotopic (exact) mass is 249 g/mol. The smallest absolute Gasteiger partial charge is 0.231 e. The van der Waals surface area contributed by atoms with Crippen LogP contribution < -0.4 is 5.73 Å². The van der Waals surface area contributed by atoms with Crippen molar-refractivity contribution in [2.45, 2.75) is 63.8 Å². The molecular weight excluding hydrogens is 226 g/mol. The molecule has 5 unspecified atom stereocenters. The predicted molar refractivity (Wildman–Crippen MR) is 69.2 cm³/mol. The van der Waals surface area contributed by atoms with E-state index in [1.807, 2.05) is 6.92 Å². The Labute approximate surface area is 108 Å². The molecule has 2 saturated carbocycles. The van der Waals surface area contributed by atoms with Gasteiger partial charge in [-0.1, -0.05) is 18.5 Å². The highest BCUT2D eigenvalue weighted by Gasteiger charge is 2.42. The van der Waals surface area contributed by atoms with Crippen molar-refractivity contribution in [1.82, 2.24) is 10.1 Å². The Kier molecular flexibility index (Phi) is 3.14. The minimum absolute atomic E-state index is 0.0725. The topological polar surface area (TPSA) is 64.9 Å². The SMILES string of the molecule is CCC(c1nc(C2CC3CCC2C3)no1)C(C)N. The van der Waals surface area contributed by atoms with E-state index in [2.05, 4.69) is 17.1 Å². The van der Waals surface area contributed by atoms with Gasteiger partial charge in [-0.15, -0.1) is 0 Å². The second kappa shape index (κ2) is 4.65. The average Bonchev–Trinajstić information content (AvgIpc) is 3.04. The largest absolute Gasteiger partial charge is 0.339 e. The maximum absolute atomic E-state index is 5.97.